The number of carbonyl (C=O) groups is 2. The quantitative estimate of drug-likeness (QED) is 0.425. The predicted octanol–water partition coefficient (Wildman–Crippen LogP) is 4.71. The van der Waals surface area contributed by atoms with E-state index in [2.05, 4.69) is 22.5 Å². The molecule has 3 nitrogen and oxygen atoms in total. The maximum atomic E-state index is 13.4. The molecule has 4 heteroatoms. The molecule has 0 heterocycles. The van der Waals surface area contributed by atoms with Gasteiger partial charge in [0, 0.05) is 16.0 Å². The van der Waals surface area contributed by atoms with Crippen LogP contribution in [0.4, 0.5) is 0 Å². The average Bonchev–Trinajstić information content (AvgIpc) is 2.65. The van der Waals surface area contributed by atoms with E-state index >= 15 is 0 Å². The molecule has 25 heavy (non-hydrogen) atoms. The number of aryl methyl sites for hydroxylation is 1. The molecule has 0 aromatic heterocycles. The topological polar surface area (TPSA) is 43.4 Å². The van der Waals surface area contributed by atoms with Gasteiger partial charge in [-0.25, -0.2) is 0 Å². The Labute approximate surface area is 155 Å². The van der Waals surface area contributed by atoms with E-state index in [1.165, 1.54) is 7.11 Å². The first kappa shape index (κ1) is 17.6. The first-order valence-corrected chi connectivity index (χ1v) is 8.93. The summed E-state index contributed by atoms with van der Waals surface area (Å²) in [5.74, 6) is -1.14. The van der Waals surface area contributed by atoms with Crippen LogP contribution in [0.1, 0.15) is 33.8 Å². The van der Waals surface area contributed by atoms with Crippen LogP contribution in [0.5, 0.6) is 0 Å². The van der Waals surface area contributed by atoms with E-state index in [-0.39, 0.29) is 5.78 Å². The molecule has 0 N–H and O–H groups in total. The minimum atomic E-state index is -1.28. The summed E-state index contributed by atoms with van der Waals surface area (Å²) in [5, 5.41) is 0. The van der Waals surface area contributed by atoms with E-state index < -0.39 is 17.3 Å². The first-order valence-electron chi connectivity index (χ1n) is 8.13. The molecule has 0 radical (unpaired) electrons. The van der Waals surface area contributed by atoms with Crippen molar-refractivity contribution < 1.29 is 14.3 Å². The number of hydrogen-bond acceptors (Lipinski definition) is 3. The molecular weight excluding hydrogens is 380 g/mol. The molecule has 0 unspecified atom stereocenters. The monoisotopic (exact) mass is 398 g/mol. The number of methoxy groups -OCH3 is 1. The SMILES string of the molecule is C=C[C@@H](c1ccc(Br)cc1)[C@]1(C(=O)OC)CCc2ccccc2C1=O. The fourth-order valence-electron chi connectivity index (χ4n) is 3.74. The summed E-state index contributed by atoms with van der Waals surface area (Å²) in [6.45, 7) is 3.92. The van der Waals surface area contributed by atoms with Crippen molar-refractivity contribution in [2.24, 2.45) is 5.41 Å². The smallest absolute Gasteiger partial charge is 0.320 e. The number of allylic oxidation sites excluding steroid dienone is 1. The zero-order valence-corrected chi connectivity index (χ0v) is 15.6. The van der Waals surface area contributed by atoms with Gasteiger partial charge in [0.15, 0.2) is 5.78 Å². The second-order valence-corrected chi connectivity index (χ2v) is 7.13. The molecular formula is C21H19BrO3. The van der Waals surface area contributed by atoms with Crippen LogP contribution in [0, 0.1) is 5.41 Å². The van der Waals surface area contributed by atoms with E-state index in [9.17, 15) is 9.59 Å². The van der Waals surface area contributed by atoms with Crippen molar-refractivity contribution in [2.75, 3.05) is 7.11 Å². The molecule has 1 aliphatic rings. The molecule has 0 fully saturated rings. The van der Waals surface area contributed by atoms with E-state index in [4.69, 9.17) is 4.74 Å². The Balaban J connectivity index is 2.17. The summed E-state index contributed by atoms with van der Waals surface area (Å²) >= 11 is 3.42. The standard InChI is InChI=1S/C21H19BrO3/c1-3-18(15-8-10-16(22)11-9-15)21(20(24)25-2)13-12-14-6-4-5-7-17(14)19(21)23/h3-11,18H,1,12-13H2,2H3/t18-,21+/m0/s1. The third-order valence-electron chi connectivity index (χ3n) is 5.00. The van der Waals surface area contributed by atoms with Crippen molar-refractivity contribution in [1.29, 1.82) is 0 Å². The number of Topliss-reactive ketones (excluding diaryl/α,β-unsaturated/α-hetero) is 1. The maximum Gasteiger partial charge on any atom is 0.320 e. The zero-order valence-electron chi connectivity index (χ0n) is 14.0. The lowest BCUT2D eigenvalue weighted by atomic mass is 9.61. The summed E-state index contributed by atoms with van der Waals surface area (Å²) < 4.78 is 6.03. The van der Waals surface area contributed by atoms with Crippen molar-refractivity contribution in [3.63, 3.8) is 0 Å². The highest BCUT2D eigenvalue weighted by molar-refractivity contribution is 9.10. The summed E-state index contributed by atoms with van der Waals surface area (Å²) in [4.78, 5) is 26.3. The van der Waals surface area contributed by atoms with Gasteiger partial charge in [-0.05, 0) is 36.1 Å². The molecule has 3 rings (SSSR count). The second-order valence-electron chi connectivity index (χ2n) is 6.21. The number of hydrogen-bond donors (Lipinski definition) is 0. The van der Waals surface area contributed by atoms with Crippen molar-refractivity contribution in [1.82, 2.24) is 0 Å². The van der Waals surface area contributed by atoms with Gasteiger partial charge < -0.3 is 4.74 Å². The van der Waals surface area contributed by atoms with Crippen LogP contribution in [0.3, 0.4) is 0 Å². The Morgan fingerprint density at radius 1 is 1.24 bits per heavy atom. The molecule has 128 valence electrons. The summed E-state index contributed by atoms with van der Waals surface area (Å²) in [6, 6.07) is 15.1. The fraction of sp³-hybridized carbons (Fsp3) is 0.238. The lowest BCUT2D eigenvalue weighted by Gasteiger charge is -2.39. The van der Waals surface area contributed by atoms with Gasteiger partial charge in [-0.1, -0.05) is 58.4 Å². The van der Waals surface area contributed by atoms with Gasteiger partial charge in [0.2, 0.25) is 0 Å². The molecule has 0 saturated heterocycles. The van der Waals surface area contributed by atoms with E-state index in [1.807, 2.05) is 42.5 Å². The molecule has 2 aromatic rings. The van der Waals surface area contributed by atoms with E-state index in [0.717, 1.165) is 15.6 Å². The molecule has 2 atom stereocenters. The number of rotatable bonds is 4. The highest BCUT2D eigenvalue weighted by Gasteiger charge is 2.54. The van der Waals surface area contributed by atoms with Crippen molar-refractivity contribution >= 4 is 27.7 Å². The molecule has 0 saturated carbocycles. The zero-order chi connectivity index (χ0) is 18.0. The largest absolute Gasteiger partial charge is 0.468 e. The van der Waals surface area contributed by atoms with E-state index in [1.54, 1.807) is 12.1 Å². The van der Waals surface area contributed by atoms with Crippen molar-refractivity contribution in [2.45, 2.75) is 18.8 Å². The number of carbonyl (C=O) groups excluding carboxylic acids is 2. The van der Waals surface area contributed by atoms with Gasteiger partial charge in [-0.15, -0.1) is 6.58 Å². The molecule has 0 amide bonds. The van der Waals surface area contributed by atoms with Gasteiger partial charge in [0.25, 0.3) is 0 Å². The molecule has 2 aromatic carbocycles. The average molecular weight is 399 g/mol. The Bertz CT molecular complexity index is 825. The Hall–Kier alpha value is -2.20. The van der Waals surface area contributed by atoms with Gasteiger partial charge in [-0.2, -0.15) is 0 Å². The highest BCUT2D eigenvalue weighted by Crippen LogP contribution is 2.47. The fourth-order valence-corrected chi connectivity index (χ4v) is 4.00. The Morgan fingerprint density at radius 3 is 2.56 bits per heavy atom. The van der Waals surface area contributed by atoms with Crippen LogP contribution in [0.25, 0.3) is 0 Å². The normalized spacial score (nSPS) is 20.5. The number of ether oxygens (including phenoxy) is 1. The Kier molecular flexibility index (Phi) is 4.91. The predicted molar refractivity (Wildman–Crippen MR) is 101 cm³/mol. The highest BCUT2D eigenvalue weighted by atomic mass is 79.9. The number of benzene rings is 2. The first-order chi connectivity index (χ1) is 12.0. The van der Waals surface area contributed by atoms with Crippen LogP contribution in [0.2, 0.25) is 0 Å². The van der Waals surface area contributed by atoms with Gasteiger partial charge in [-0.3, -0.25) is 9.59 Å². The summed E-state index contributed by atoms with van der Waals surface area (Å²) in [5.41, 5.74) is 1.17. The molecule has 1 aliphatic carbocycles. The molecule has 0 bridgehead atoms. The minimum absolute atomic E-state index is 0.186. The van der Waals surface area contributed by atoms with E-state index in [0.29, 0.717) is 18.4 Å². The van der Waals surface area contributed by atoms with Crippen molar-refractivity contribution in [3.05, 3.63) is 82.3 Å². The maximum absolute atomic E-state index is 13.4. The third kappa shape index (κ3) is 2.85. The minimum Gasteiger partial charge on any atom is -0.468 e. The second kappa shape index (κ2) is 6.96. The lowest BCUT2D eigenvalue weighted by molar-refractivity contribution is -0.151. The van der Waals surface area contributed by atoms with Gasteiger partial charge >= 0.3 is 5.97 Å². The van der Waals surface area contributed by atoms with Gasteiger partial charge in [0.05, 0.1) is 7.11 Å². The van der Waals surface area contributed by atoms with Crippen molar-refractivity contribution in [3.8, 4) is 0 Å². The number of fused-ring (bicyclic) bond motifs is 1. The third-order valence-corrected chi connectivity index (χ3v) is 5.53. The van der Waals surface area contributed by atoms with Crippen LogP contribution in [-0.2, 0) is 16.0 Å². The molecule has 0 spiro atoms. The summed E-state index contributed by atoms with van der Waals surface area (Å²) in [7, 11) is 1.33. The number of ketones is 1. The van der Waals surface area contributed by atoms with Crippen LogP contribution in [-0.4, -0.2) is 18.9 Å². The van der Waals surface area contributed by atoms with Crippen LogP contribution < -0.4 is 0 Å². The number of halogens is 1. The Morgan fingerprint density at radius 2 is 1.92 bits per heavy atom. The summed E-state index contributed by atoms with van der Waals surface area (Å²) in [6.07, 6.45) is 2.74. The molecule has 0 aliphatic heterocycles. The number of esters is 1. The lowest BCUT2D eigenvalue weighted by Crippen LogP contribution is -2.47. The van der Waals surface area contributed by atoms with Crippen LogP contribution >= 0.6 is 15.9 Å². The van der Waals surface area contributed by atoms with Gasteiger partial charge in [0.1, 0.15) is 5.41 Å². The van der Waals surface area contributed by atoms with Crippen LogP contribution in [0.15, 0.2) is 65.7 Å².